The van der Waals surface area contributed by atoms with Gasteiger partial charge in [0.05, 0.1) is 6.10 Å². The number of hydrogen-bond donors (Lipinski definition) is 1. The van der Waals surface area contributed by atoms with Gasteiger partial charge in [0.1, 0.15) is 13.1 Å². The maximum atomic E-state index is 5.76. The van der Waals surface area contributed by atoms with E-state index >= 15 is 0 Å². The van der Waals surface area contributed by atoms with Gasteiger partial charge in [-0.05, 0) is 18.8 Å². The Balaban J connectivity index is 1.62. The molecule has 0 aromatic heterocycles. The fraction of sp³-hybridized carbons (Fsp3) is 1.00. The molecule has 0 bridgehead atoms. The first-order chi connectivity index (χ1) is 4.84. The van der Waals surface area contributed by atoms with Crippen LogP contribution in [0.3, 0.4) is 0 Å². The number of quaternary nitrogens is 1. The van der Waals surface area contributed by atoms with Crippen molar-refractivity contribution in [1.82, 2.24) is 0 Å². The van der Waals surface area contributed by atoms with Crippen LogP contribution in [0.25, 0.3) is 0 Å². The lowest BCUT2D eigenvalue weighted by atomic mass is 9.84. The molecule has 1 aliphatic heterocycles. The van der Waals surface area contributed by atoms with Gasteiger partial charge in [0.2, 0.25) is 0 Å². The van der Waals surface area contributed by atoms with E-state index in [9.17, 15) is 0 Å². The molecule has 1 heterocycles. The maximum Gasteiger partial charge on any atom is 0.155 e. The Morgan fingerprint density at radius 2 is 1.90 bits per heavy atom. The van der Waals surface area contributed by atoms with Crippen LogP contribution in [0.1, 0.15) is 19.8 Å². The fourth-order valence-corrected chi connectivity index (χ4v) is 1.63. The summed E-state index contributed by atoms with van der Waals surface area (Å²) in [6.07, 6.45) is 3.82. The summed E-state index contributed by atoms with van der Waals surface area (Å²) in [5.41, 5.74) is 0. The zero-order valence-electron chi connectivity index (χ0n) is 6.55. The average molecular weight is 142 g/mol. The van der Waals surface area contributed by atoms with Crippen LogP contribution in [0.4, 0.5) is 0 Å². The van der Waals surface area contributed by atoms with Gasteiger partial charge in [0, 0.05) is 0 Å². The lowest BCUT2D eigenvalue weighted by molar-refractivity contribution is -0.726. The van der Waals surface area contributed by atoms with Crippen molar-refractivity contribution >= 4 is 0 Å². The van der Waals surface area contributed by atoms with Crippen molar-refractivity contribution < 1.29 is 10.1 Å². The predicted octanol–water partition coefficient (Wildman–Crippen LogP) is -0.253. The molecule has 0 aromatic carbocycles. The Labute approximate surface area is 61.9 Å². The van der Waals surface area contributed by atoms with Crippen LogP contribution in [0.5, 0.6) is 0 Å². The summed E-state index contributed by atoms with van der Waals surface area (Å²) in [7, 11) is 0. The molecule has 10 heavy (non-hydrogen) atoms. The Morgan fingerprint density at radius 1 is 1.20 bits per heavy atom. The largest absolute Gasteiger partial charge is 0.363 e. The van der Waals surface area contributed by atoms with Crippen LogP contribution < -0.4 is 5.32 Å². The lowest BCUT2D eigenvalue weighted by Gasteiger charge is -2.36. The van der Waals surface area contributed by atoms with Crippen molar-refractivity contribution in [2.45, 2.75) is 32.0 Å². The van der Waals surface area contributed by atoms with E-state index in [4.69, 9.17) is 4.74 Å². The lowest BCUT2D eigenvalue weighted by Crippen LogP contribution is -2.98. The molecule has 0 radical (unpaired) electrons. The first-order valence-electron chi connectivity index (χ1n) is 4.31. The second-order valence-corrected chi connectivity index (χ2v) is 3.72. The number of nitrogens with two attached hydrogens (primary N) is 1. The van der Waals surface area contributed by atoms with Gasteiger partial charge in [-0.2, -0.15) is 0 Å². The summed E-state index contributed by atoms with van der Waals surface area (Å²) in [5, 5.41) is 2.30. The Kier molecular flexibility index (Phi) is 1.66. The van der Waals surface area contributed by atoms with Crippen molar-refractivity contribution in [3.63, 3.8) is 0 Å². The molecule has 2 heteroatoms. The molecule has 0 atom stereocenters. The normalized spacial score (nSPS) is 40.5. The molecule has 2 rings (SSSR count). The van der Waals surface area contributed by atoms with E-state index < -0.39 is 0 Å². The van der Waals surface area contributed by atoms with Gasteiger partial charge in [-0.15, -0.1) is 0 Å². The molecule has 0 amide bonds. The van der Waals surface area contributed by atoms with Crippen LogP contribution >= 0.6 is 0 Å². The van der Waals surface area contributed by atoms with E-state index in [0.717, 1.165) is 5.92 Å². The molecule has 2 nitrogen and oxygen atoms in total. The summed E-state index contributed by atoms with van der Waals surface area (Å²) in [6.45, 7) is 4.70. The Bertz CT molecular complexity index is 116. The van der Waals surface area contributed by atoms with Crippen molar-refractivity contribution in [2.24, 2.45) is 5.92 Å². The van der Waals surface area contributed by atoms with Gasteiger partial charge in [-0.1, -0.05) is 6.92 Å². The standard InChI is InChI=1S/C8H15NO/c1-6-2-7(3-6)10-8-4-9-5-8/h6-9H,2-5H2,1H3/p+1. The van der Waals surface area contributed by atoms with Gasteiger partial charge < -0.3 is 10.1 Å². The summed E-state index contributed by atoms with van der Waals surface area (Å²) < 4.78 is 5.76. The van der Waals surface area contributed by atoms with E-state index in [2.05, 4.69) is 12.2 Å². The minimum Gasteiger partial charge on any atom is -0.363 e. The molecule has 2 N–H and O–H groups in total. The fourth-order valence-electron chi connectivity index (χ4n) is 1.63. The number of hydrogen-bond acceptors (Lipinski definition) is 1. The van der Waals surface area contributed by atoms with Crippen molar-refractivity contribution in [1.29, 1.82) is 0 Å². The average Bonchev–Trinajstić information content (AvgIpc) is 1.72. The third kappa shape index (κ3) is 1.18. The highest BCUT2D eigenvalue weighted by molar-refractivity contribution is 4.78. The van der Waals surface area contributed by atoms with Gasteiger partial charge >= 0.3 is 0 Å². The Hall–Kier alpha value is -0.0800. The van der Waals surface area contributed by atoms with E-state index in [0.29, 0.717) is 12.2 Å². The molecule has 0 unspecified atom stereocenters. The topological polar surface area (TPSA) is 25.8 Å². The maximum absolute atomic E-state index is 5.76. The minimum atomic E-state index is 0.595. The zero-order chi connectivity index (χ0) is 6.97. The van der Waals surface area contributed by atoms with E-state index in [-0.39, 0.29) is 0 Å². The first-order valence-corrected chi connectivity index (χ1v) is 4.31. The third-order valence-corrected chi connectivity index (χ3v) is 2.57. The van der Waals surface area contributed by atoms with Crippen LogP contribution in [-0.2, 0) is 4.74 Å². The zero-order valence-corrected chi connectivity index (χ0v) is 6.55. The molecule has 0 spiro atoms. The summed E-state index contributed by atoms with van der Waals surface area (Å²) >= 11 is 0. The van der Waals surface area contributed by atoms with Crippen LogP contribution in [0, 0.1) is 5.92 Å². The quantitative estimate of drug-likeness (QED) is 0.565. The highest BCUT2D eigenvalue weighted by Gasteiger charge is 2.32. The second kappa shape index (κ2) is 2.51. The predicted molar refractivity (Wildman–Crippen MR) is 38.7 cm³/mol. The van der Waals surface area contributed by atoms with Crippen LogP contribution in [-0.4, -0.2) is 25.3 Å². The van der Waals surface area contributed by atoms with Crippen molar-refractivity contribution in [3.05, 3.63) is 0 Å². The first kappa shape index (κ1) is 6.62. The van der Waals surface area contributed by atoms with Gasteiger partial charge in [0.15, 0.2) is 6.10 Å². The summed E-state index contributed by atoms with van der Waals surface area (Å²) in [6, 6.07) is 0. The molecule has 2 fully saturated rings. The number of ether oxygens (including phenoxy) is 1. The number of rotatable bonds is 2. The van der Waals surface area contributed by atoms with E-state index in [1.165, 1.54) is 25.9 Å². The van der Waals surface area contributed by atoms with Crippen molar-refractivity contribution in [3.8, 4) is 0 Å². The molecule has 2 aliphatic rings. The summed E-state index contributed by atoms with van der Waals surface area (Å²) in [4.78, 5) is 0. The van der Waals surface area contributed by atoms with Crippen molar-refractivity contribution in [2.75, 3.05) is 13.1 Å². The highest BCUT2D eigenvalue weighted by atomic mass is 16.5. The SMILES string of the molecule is CC1CC(OC2C[NH2+]C2)C1. The minimum absolute atomic E-state index is 0.595. The molecule has 1 saturated carbocycles. The van der Waals surface area contributed by atoms with E-state index in [1.807, 2.05) is 0 Å². The molecule has 0 aromatic rings. The monoisotopic (exact) mass is 142 g/mol. The molecule has 58 valence electrons. The molecular formula is C8H16NO+. The highest BCUT2D eigenvalue weighted by Crippen LogP contribution is 2.29. The van der Waals surface area contributed by atoms with E-state index in [1.54, 1.807) is 0 Å². The van der Waals surface area contributed by atoms with Crippen LogP contribution in [0.15, 0.2) is 0 Å². The smallest absolute Gasteiger partial charge is 0.155 e. The molecular weight excluding hydrogens is 126 g/mol. The van der Waals surface area contributed by atoms with Gasteiger partial charge in [-0.25, -0.2) is 0 Å². The van der Waals surface area contributed by atoms with Crippen LogP contribution in [0.2, 0.25) is 0 Å². The third-order valence-electron chi connectivity index (χ3n) is 2.57. The van der Waals surface area contributed by atoms with Gasteiger partial charge in [-0.3, -0.25) is 0 Å². The molecule has 1 aliphatic carbocycles. The van der Waals surface area contributed by atoms with Gasteiger partial charge in [0.25, 0.3) is 0 Å². The second-order valence-electron chi connectivity index (χ2n) is 3.72. The molecule has 1 saturated heterocycles. The summed E-state index contributed by atoms with van der Waals surface area (Å²) in [5.74, 6) is 0.925. The Morgan fingerprint density at radius 3 is 2.30 bits per heavy atom.